The van der Waals surface area contributed by atoms with E-state index in [-0.39, 0.29) is 17.5 Å². The molecule has 0 amide bonds. The van der Waals surface area contributed by atoms with E-state index in [1.165, 1.54) is 31.4 Å². The van der Waals surface area contributed by atoms with E-state index in [2.05, 4.69) is 12.2 Å². The monoisotopic (exact) mass is 267 g/mol. The van der Waals surface area contributed by atoms with Crippen LogP contribution in [0.3, 0.4) is 0 Å². The molecule has 19 heavy (non-hydrogen) atoms. The molecule has 0 saturated heterocycles. The molecule has 1 nitrogen and oxygen atoms in total. The summed E-state index contributed by atoms with van der Waals surface area (Å²) in [6, 6.07) is 8.06. The van der Waals surface area contributed by atoms with Gasteiger partial charge in [-0.1, -0.05) is 56.5 Å². The van der Waals surface area contributed by atoms with Crippen molar-refractivity contribution in [1.29, 1.82) is 0 Å². The molecular weight excluding hydrogens is 244 g/mol. The van der Waals surface area contributed by atoms with Crippen molar-refractivity contribution in [2.45, 2.75) is 45.0 Å². The molecule has 0 aliphatic heterocycles. The summed E-state index contributed by atoms with van der Waals surface area (Å²) in [5.74, 6) is -2.79. The maximum Gasteiger partial charge on any atom is 0.285 e. The number of hydrogen-bond donors (Lipinski definition) is 1. The highest BCUT2D eigenvalue weighted by Crippen LogP contribution is 2.35. The average molecular weight is 267 g/mol. The number of nitrogens with one attached hydrogen (secondary N) is 1. The van der Waals surface area contributed by atoms with Gasteiger partial charge in [0.25, 0.3) is 5.92 Å². The Kier molecular flexibility index (Phi) is 4.56. The SMILES string of the molecule is CC1(CNCC(F)(F)c2ccccc2)CCCCC1. The predicted octanol–water partition coefficient (Wildman–Crippen LogP) is 4.34. The van der Waals surface area contributed by atoms with Crippen molar-refractivity contribution in [1.82, 2.24) is 5.32 Å². The van der Waals surface area contributed by atoms with Crippen LogP contribution in [-0.2, 0) is 5.92 Å². The fourth-order valence-corrected chi connectivity index (χ4v) is 2.89. The molecule has 0 spiro atoms. The highest BCUT2D eigenvalue weighted by Gasteiger charge is 2.32. The number of alkyl halides is 2. The van der Waals surface area contributed by atoms with E-state index in [9.17, 15) is 8.78 Å². The van der Waals surface area contributed by atoms with Crippen LogP contribution in [0, 0.1) is 5.41 Å². The Morgan fingerprint density at radius 3 is 2.37 bits per heavy atom. The summed E-state index contributed by atoms with van der Waals surface area (Å²) in [7, 11) is 0. The van der Waals surface area contributed by atoms with Gasteiger partial charge in [-0.2, -0.15) is 8.78 Å². The van der Waals surface area contributed by atoms with E-state index >= 15 is 0 Å². The fraction of sp³-hybridized carbons (Fsp3) is 0.625. The van der Waals surface area contributed by atoms with Crippen LogP contribution >= 0.6 is 0 Å². The first-order valence-corrected chi connectivity index (χ1v) is 7.16. The molecule has 0 aromatic heterocycles. The highest BCUT2D eigenvalue weighted by molar-refractivity contribution is 5.20. The lowest BCUT2D eigenvalue weighted by atomic mass is 9.76. The number of benzene rings is 1. The number of halogens is 2. The van der Waals surface area contributed by atoms with Gasteiger partial charge >= 0.3 is 0 Å². The topological polar surface area (TPSA) is 12.0 Å². The fourth-order valence-electron chi connectivity index (χ4n) is 2.89. The zero-order valence-electron chi connectivity index (χ0n) is 11.6. The molecule has 0 unspecified atom stereocenters. The van der Waals surface area contributed by atoms with E-state index in [1.54, 1.807) is 18.2 Å². The van der Waals surface area contributed by atoms with Crippen LogP contribution in [0.25, 0.3) is 0 Å². The van der Waals surface area contributed by atoms with Crippen LogP contribution < -0.4 is 5.32 Å². The Morgan fingerprint density at radius 1 is 1.11 bits per heavy atom. The van der Waals surface area contributed by atoms with Crippen LogP contribution in [0.5, 0.6) is 0 Å². The summed E-state index contributed by atoms with van der Waals surface area (Å²) in [6.45, 7) is 2.63. The maximum absolute atomic E-state index is 14.0. The van der Waals surface area contributed by atoms with E-state index in [1.807, 2.05) is 0 Å². The normalized spacial score (nSPS) is 19.3. The van der Waals surface area contributed by atoms with Gasteiger partial charge in [0.15, 0.2) is 0 Å². The molecule has 0 radical (unpaired) electrons. The zero-order chi connectivity index (χ0) is 13.8. The molecule has 1 aliphatic rings. The van der Waals surface area contributed by atoms with Gasteiger partial charge in [-0.25, -0.2) is 0 Å². The van der Waals surface area contributed by atoms with Crippen molar-refractivity contribution in [3.63, 3.8) is 0 Å². The predicted molar refractivity (Wildman–Crippen MR) is 74.4 cm³/mol. The second kappa shape index (κ2) is 6.00. The second-order valence-electron chi connectivity index (χ2n) is 6.05. The van der Waals surface area contributed by atoms with E-state index in [0.717, 1.165) is 12.8 Å². The number of rotatable bonds is 5. The van der Waals surface area contributed by atoms with Crippen LogP contribution in [0.4, 0.5) is 8.78 Å². The van der Waals surface area contributed by atoms with Gasteiger partial charge in [0, 0.05) is 12.1 Å². The van der Waals surface area contributed by atoms with Crippen molar-refractivity contribution in [3.05, 3.63) is 35.9 Å². The first kappa shape index (κ1) is 14.4. The van der Waals surface area contributed by atoms with E-state index < -0.39 is 5.92 Å². The van der Waals surface area contributed by atoms with Crippen molar-refractivity contribution < 1.29 is 8.78 Å². The van der Waals surface area contributed by atoms with Crippen LogP contribution in [-0.4, -0.2) is 13.1 Å². The second-order valence-corrected chi connectivity index (χ2v) is 6.05. The molecule has 0 bridgehead atoms. The molecule has 1 N–H and O–H groups in total. The molecule has 1 saturated carbocycles. The van der Waals surface area contributed by atoms with E-state index in [4.69, 9.17) is 0 Å². The van der Waals surface area contributed by atoms with Gasteiger partial charge in [-0.15, -0.1) is 0 Å². The zero-order valence-corrected chi connectivity index (χ0v) is 11.6. The third-order valence-electron chi connectivity index (χ3n) is 4.16. The average Bonchev–Trinajstić information content (AvgIpc) is 2.40. The highest BCUT2D eigenvalue weighted by atomic mass is 19.3. The van der Waals surface area contributed by atoms with Crippen molar-refractivity contribution in [2.75, 3.05) is 13.1 Å². The Balaban J connectivity index is 1.84. The largest absolute Gasteiger partial charge is 0.310 e. The molecule has 3 heteroatoms. The summed E-state index contributed by atoms with van der Waals surface area (Å²) in [6.07, 6.45) is 6.05. The summed E-state index contributed by atoms with van der Waals surface area (Å²) < 4.78 is 27.9. The van der Waals surface area contributed by atoms with Crippen LogP contribution in [0.2, 0.25) is 0 Å². The Bertz CT molecular complexity index is 383. The van der Waals surface area contributed by atoms with Gasteiger partial charge in [0.2, 0.25) is 0 Å². The van der Waals surface area contributed by atoms with Gasteiger partial charge in [-0.3, -0.25) is 0 Å². The summed E-state index contributed by atoms with van der Waals surface area (Å²) in [5.41, 5.74) is 0.293. The molecule has 0 atom stereocenters. The van der Waals surface area contributed by atoms with Crippen molar-refractivity contribution in [2.24, 2.45) is 5.41 Å². The van der Waals surface area contributed by atoms with Gasteiger partial charge in [0.1, 0.15) is 0 Å². The summed E-state index contributed by atoms with van der Waals surface area (Å²) in [4.78, 5) is 0. The third kappa shape index (κ3) is 4.00. The Labute approximate surface area is 114 Å². The standard InChI is InChI=1S/C16H23F2N/c1-15(10-6-3-7-11-15)12-19-13-16(17,18)14-8-4-2-5-9-14/h2,4-5,8-9,19H,3,6-7,10-13H2,1H3. The summed E-state index contributed by atoms with van der Waals surface area (Å²) in [5, 5.41) is 2.98. The molecule has 106 valence electrons. The van der Waals surface area contributed by atoms with Crippen molar-refractivity contribution in [3.8, 4) is 0 Å². The minimum absolute atomic E-state index is 0.0938. The lowest BCUT2D eigenvalue weighted by Gasteiger charge is -2.34. The molecular formula is C16H23F2N. The molecule has 1 aromatic rings. The smallest absolute Gasteiger partial charge is 0.285 e. The first-order chi connectivity index (χ1) is 9.02. The van der Waals surface area contributed by atoms with Crippen molar-refractivity contribution >= 4 is 0 Å². The van der Waals surface area contributed by atoms with E-state index in [0.29, 0.717) is 6.54 Å². The molecule has 2 rings (SSSR count). The first-order valence-electron chi connectivity index (χ1n) is 7.16. The number of hydrogen-bond acceptors (Lipinski definition) is 1. The minimum Gasteiger partial charge on any atom is -0.310 e. The lowest BCUT2D eigenvalue weighted by Crippen LogP contribution is -2.39. The van der Waals surface area contributed by atoms with Crippen LogP contribution in [0.1, 0.15) is 44.6 Å². The van der Waals surface area contributed by atoms with Gasteiger partial charge < -0.3 is 5.32 Å². The Morgan fingerprint density at radius 2 is 1.74 bits per heavy atom. The third-order valence-corrected chi connectivity index (χ3v) is 4.16. The molecule has 1 fully saturated rings. The maximum atomic E-state index is 14.0. The molecule has 1 aromatic carbocycles. The molecule has 1 aliphatic carbocycles. The summed E-state index contributed by atoms with van der Waals surface area (Å²) >= 11 is 0. The quantitative estimate of drug-likeness (QED) is 0.837. The Hall–Kier alpha value is -0.960. The van der Waals surface area contributed by atoms with Crippen LogP contribution in [0.15, 0.2) is 30.3 Å². The van der Waals surface area contributed by atoms with Gasteiger partial charge in [-0.05, 0) is 18.3 Å². The lowest BCUT2D eigenvalue weighted by molar-refractivity contribution is -0.00608. The van der Waals surface area contributed by atoms with Gasteiger partial charge in [0.05, 0.1) is 6.54 Å². The minimum atomic E-state index is -2.79. The molecule has 0 heterocycles.